The van der Waals surface area contributed by atoms with Crippen molar-refractivity contribution >= 4 is 17.6 Å². The molecule has 3 aromatic rings. The SMILES string of the molecule is Cc1ccc(-c2ccc(OC(=O)c3cccc(Cl)c3)nn2)cc1C. The minimum absolute atomic E-state index is 0.146. The molecule has 0 saturated carbocycles. The predicted octanol–water partition coefficient (Wildman–Crippen LogP) is 4.63. The van der Waals surface area contributed by atoms with Gasteiger partial charge in [-0.2, -0.15) is 0 Å². The molecule has 0 unspecified atom stereocenters. The summed E-state index contributed by atoms with van der Waals surface area (Å²) in [4.78, 5) is 12.1. The Bertz CT molecular complexity index is 892. The molecule has 24 heavy (non-hydrogen) atoms. The van der Waals surface area contributed by atoms with Crippen LogP contribution in [-0.4, -0.2) is 16.2 Å². The maximum absolute atomic E-state index is 12.1. The van der Waals surface area contributed by atoms with Crippen LogP contribution in [0.3, 0.4) is 0 Å². The number of halogens is 1. The normalized spacial score (nSPS) is 10.5. The second-order valence-corrected chi connectivity index (χ2v) is 5.89. The monoisotopic (exact) mass is 338 g/mol. The number of carbonyl (C=O) groups excluding carboxylic acids is 1. The van der Waals surface area contributed by atoms with E-state index in [-0.39, 0.29) is 5.88 Å². The van der Waals surface area contributed by atoms with Crippen LogP contribution in [0.4, 0.5) is 0 Å². The van der Waals surface area contributed by atoms with Crippen molar-refractivity contribution in [2.75, 3.05) is 0 Å². The lowest BCUT2D eigenvalue weighted by Gasteiger charge is -2.06. The van der Waals surface area contributed by atoms with Gasteiger partial charge in [-0.1, -0.05) is 29.8 Å². The first-order valence-electron chi connectivity index (χ1n) is 7.42. The first kappa shape index (κ1) is 16.1. The summed E-state index contributed by atoms with van der Waals surface area (Å²) in [6.45, 7) is 4.11. The number of benzene rings is 2. The molecular weight excluding hydrogens is 324 g/mol. The molecule has 4 nitrogen and oxygen atoms in total. The van der Waals surface area contributed by atoms with E-state index in [1.54, 1.807) is 36.4 Å². The van der Waals surface area contributed by atoms with Crippen molar-refractivity contribution in [2.24, 2.45) is 0 Å². The van der Waals surface area contributed by atoms with E-state index in [1.165, 1.54) is 11.1 Å². The summed E-state index contributed by atoms with van der Waals surface area (Å²) in [7, 11) is 0. The number of ether oxygens (including phenoxy) is 1. The van der Waals surface area contributed by atoms with Crippen molar-refractivity contribution in [3.05, 3.63) is 76.3 Å². The van der Waals surface area contributed by atoms with Gasteiger partial charge in [0.2, 0.25) is 5.88 Å². The maximum atomic E-state index is 12.1. The van der Waals surface area contributed by atoms with E-state index in [4.69, 9.17) is 16.3 Å². The zero-order valence-corrected chi connectivity index (χ0v) is 14.0. The van der Waals surface area contributed by atoms with Gasteiger partial charge in [-0.25, -0.2) is 4.79 Å². The third-order valence-electron chi connectivity index (χ3n) is 3.70. The zero-order valence-electron chi connectivity index (χ0n) is 13.3. The average Bonchev–Trinajstić information content (AvgIpc) is 2.58. The standard InChI is InChI=1S/C19H15ClN2O2/c1-12-6-7-14(10-13(12)2)17-8-9-18(22-21-17)24-19(23)15-4-3-5-16(20)11-15/h3-11H,1-2H3. The molecule has 0 aliphatic carbocycles. The molecule has 1 aromatic heterocycles. The lowest BCUT2D eigenvalue weighted by atomic mass is 10.0. The van der Waals surface area contributed by atoms with Crippen LogP contribution >= 0.6 is 11.6 Å². The third-order valence-corrected chi connectivity index (χ3v) is 3.94. The second kappa shape index (κ2) is 6.81. The number of esters is 1. The molecule has 0 spiro atoms. The highest BCUT2D eigenvalue weighted by molar-refractivity contribution is 6.30. The van der Waals surface area contributed by atoms with Crippen molar-refractivity contribution < 1.29 is 9.53 Å². The summed E-state index contributed by atoms with van der Waals surface area (Å²) in [6.07, 6.45) is 0. The minimum atomic E-state index is -0.522. The Morgan fingerprint density at radius 1 is 0.958 bits per heavy atom. The number of aryl methyl sites for hydroxylation is 2. The van der Waals surface area contributed by atoms with Gasteiger partial charge in [0.1, 0.15) is 0 Å². The number of aromatic nitrogens is 2. The average molecular weight is 339 g/mol. The van der Waals surface area contributed by atoms with Gasteiger partial charge in [0.25, 0.3) is 0 Å². The number of carbonyl (C=O) groups is 1. The van der Waals surface area contributed by atoms with E-state index in [0.29, 0.717) is 10.6 Å². The van der Waals surface area contributed by atoms with Crippen molar-refractivity contribution in [1.82, 2.24) is 10.2 Å². The molecule has 2 aromatic carbocycles. The molecule has 0 amide bonds. The summed E-state index contributed by atoms with van der Waals surface area (Å²) >= 11 is 5.87. The van der Waals surface area contributed by atoms with Gasteiger partial charge in [0, 0.05) is 16.7 Å². The Labute approximate surface area is 145 Å². The van der Waals surface area contributed by atoms with Gasteiger partial charge in [-0.15, -0.1) is 10.2 Å². The fraction of sp³-hybridized carbons (Fsp3) is 0.105. The van der Waals surface area contributed by atoms with E-state index in [9.17, 15) is 4.79 Å². The Hall–Kier alpha value is -2.72. The van der Waals surface area contributed by atoms with Crippen LogP contribution in [0, 0.1) is 13.8 Å². The maximum Gasteiger partial charge on any atom is 0.344 e. The van der Waals surface area contributed by atoms with Crippen LogP contribution in [0.2, 0.25) is 5.02 Å². The molecule has 0 saturated heterocycles. The molecule has 0 atom stereocenters. The molecule has 0 fully saturated rings. The fourth-order valence-electron chi connectivity index (χ4n) is 2.20. The molecule has 3 rings (SSSR count). The van der Waals surface area contributed by atoms with Crippen molar-refractivity contribution in [3.8, 4) is 17.1 Å². The van der Waals surface area contributed by atoms with Gasteiger partial charge in [0.05, 0.1) is 11.3 Å². The van der Waals surface area contributed by atoms with E-state index < -0.39 is 5.97 Å². The lowest BCUT2D eigenvalue weighted by molar-refractivity contribution is 0.0726. The van der Waals surface area contributed by atoms with Gasteiger partial charge in [-0.3, -0.25) is 0 Å². The van der Waals surface area contributed by atoms with Crippen LogP contribution in [0.1, 0.15) is 21.5 Å². The van der Waals surface area contributed by atoms with Crippen LogP contribution in [0.5, 0.6) is 5.88 Å². The van der Waals surface area contributed by atoms with Crippen molar-refractivity contribution in [1.29, 1.82) is 0 Å². The Balaban J connectivity index is 1.77. The van der Waals surface area contributed by atoms with Crippen LogP contribution < -0.4 is 4.74 Å². The summed E-state index contributed by atoms with van der Waals surface area (Å²) in [5, 5.41) is 8.57. The Morgan fingerprint density at radius 2 is 1.79 bits per heavy atom. The number of hydrogen-bond donors (Lipinski definition) is 0. The third kappa shape index (κ3) is 3.60. The molecule has 0 bridgehead atoms. The topological polar surface area (TPSA) is 52.1 Å². The lowest BCUT2D eigenvalue weighted by Crippen LogP contribution is -2.09. The first-order valence-corrected chi connectivity index (χ1v) is 7.80. The highest BCUT2D eigenvalue weighted by atomic mass is 35.5. The molecule has 5 heteroatoms. The van der Waals surface area contributed by atoms with Crippen molar-refractivity contribution in [3.63, 3.8) is 0 Å². The second-order valence-electron chi connectivity index (χ2n) is 5.46. The molecule has 0 aliphatic rings. The van der Waals surface area contributed by atoms with E-state index in [1.807, 2.05) is 19.1 Å². The van der Waals surface area contributed by atoms with E-state index >= 15 is 0 Å². The van der Waals surface area contributed by atoms with Gasteiger partial charge in [0.15, 0.2) is 0 Å². The van der Waals surface area contributed by atoms with Crippen LogP contribution in [0.25, 0.3) is 11.3 Å². The zero-order chi connectivity index (χ0) is 17.1. The molecule has 120 valence electrons. The fourth-order valence-corrected chi connectivity index (χ4v) is 2.39. The Kier molecular flexibility index (Phi) is 4.58. The Morgan fingerprint density at radius 3 is 2.46 bits per heavy atom. The number of rotatable bonds is 3. The van der Waals surface area contributed by atoms with Gasteiger partial charge in [-0.05, 0) is 55.3 Å². The molecule has 1 heterocycles. The van der Waals surface area contributed by atoms with Crippen LogP contribution in [-0.2, 0) is 0 Å². The van der Waals surface area contributed by atoms with E-state index in [0.717, 1.165) is 11.3 Å². The van der Waals surface area contributed by atoms with Gasteiger partial charge >= 0.3 is 5.97 Å². The summed E-state index contributed by atoms with van der Waals surface area (Å²) in [5.74, 6) is -0.377. The van der Waals surface area contributed by atoms with E-state index in [2.05, 4.69) is 23.2 Å². The number of hydrogen-bond acceptors (Lipinski definition) is 4. The van der Waals surface area contributed by atoms with Gasteiger partial charge < -0.3 is 4.74 Å². The molecule has 0 aliphatic heterocycles. The van der Waals surface area contributed by atoms with Crippen molar-refractivity contribution in [2.45, 2.75) is 13.8 Å². The highest BCUT2D eigenvalue weighted by Crippen LogP contribution is 2.21. The highest BCUT2D eigenvalue weighted by Gasteiger charge is 2.11. The summed E-state index contributed by atoms with van der Waals surface area (Å²) < 4.78 is 5.22. The largest absolute Gasteiger partial charge is 0.402 e. The smallest absolute Gasteiger partial charge is 0.344 e. The summed E-state index contributed by atoms with van der Waals surface area (Å²) in [5.41, 5.74) is 4.46. The molecular formula is C19H15ClN2O2. The summed E-state index contributed by atoms with van der Waals surface area (Å²) in [6, 6.07) is 16.0. The van der Waals surface area contributed by atoms with Crippen LogP contribution in [0.15, 0.2) is 54.6 Å². The first-order chi connectivity index (χ1) is 11.5. The molecule has 0 radical (unpaired) electrons. The molecule has 0 N–H and O–H groups in total. The quantitative estimate of drug-likeness (QED) is 0.653. The minimum Gasteiger partial charge on any atom is -0.402 e. The number of nitrogens with zero attached hydrogens (tertiary/aromatic N) is 2. The predicted molar refractivity (Wildman–Crippen MR) is 93.4 cm³/mol.